The quantitative estimate of drug-likeness (QED) is 0.778. The predicted octanol–water partition coefficient (Wildman–Crippen LogP) is 1.28. The molecule has 0 bridgehead atoms. The van der Waals surface area contributed by atoms with Crippen molar-refractivity contribution in [2.24, 2.45) is 7.05 Å². The van der Waals surface area contributed by atoms with Gasteiger partial charge >= 0.3 is 0 Å². The van der Waals surface area contributed by atoms with Crippen molar-refractivity contribution in [3.05, 3.63) is 34.3 Å². The van der Waals surface area contributed by atoms with Gasteiger partial charge in [0.15, 0.2) is 0 Å². The van der Waals surface area contributed by atoms with E-state index in [1.54, 1.807) is 25.3 Å². The highest BCUT2D eigenvalue weighted by molar-refractivity contribution is 5.60. The third kappa shape index (κ3) is 1.83. The SMILES string of the molecule is C=Cc1[nH]n(C)c(=O)c1/C=C\CC#N. The molecule has 0 saturated heterocycles. The Kier molecular flexibility index (Phi) is 3.08. The minimum atomic E-state index is -0.117. The average Bonchev–Trinajstić information content (AvgIpc) is 2.45. The molecule has 0 radical (unpaired) electrons. The first-order chi connectivity index (χ1) is 6.70. The van der Waals surface area contributed by atoms with E-state index < -0.39 is 0 Å². The Morgan fingerprint density at radius 1 is 1.71 bits per heavy atom. The molecule has 4 heteroatoms. The van der Waals surface area contributed by atoms with Gasteiger partial charge in [-0.25, -0.2) is 0 Å². The molecular formula is C10H11N3O. The first-order valence-corrected chi connectivity index (χ1v) is 4.15. The van der Waals surface area contributed by atoms with Crippen molar-refractivity contribution < 1.29 is 0 Å². The highest BCUT2D eigenvalue weighted by atomic mass is 16.1. The van der Waals surface area contributed by atoms with Gasteiger partial charge in [-0.05, 0) is 6.08 Å². The number of nitriles is 1. The molecule has 0 unspecified atom stereocenters. The molecule has 0 aliphatic carbocycles. The molecule has 1 heterocycles. The van der Waals surface area contributed by atoms with Crippen LogP contribution in [0.25, 0.3) is 12.2 Å². The number of H-pyrrole nitrogens is 1. The number of rotatable bonds is 3. The van der Waals surface area contributed by atoms with Gasteiger partial charge in [-0.15, -0.1) is 0 Å². The Morgan fingerprint density at radius 3 is 3.00 bits per heavy atom. The molecule has 0 aliphatic heterocycles. The van der Waals surface area contributed by atoms with E-state index in [2.05, 4.69) is 11.7 Å². The Hall–Kier alpha value is -2.02. The van der Waals surface area contributed by atoms with E-state index in [0.717, 1.165) is 0 Å². The van der Waals surface area contributed by atoms with E-state index in [1.807, 2.05) is 6.07 Å². The number of hydrogen-bond acceptors (Lipinski definition) is 2. The summed E-state index contributed by atoms with van der Waals surface area (Å²) in [4.78, 5) is 11.5. The Balaban J connectivity index is 3.13. The molecule has 14 heavy (non-hydrogen) atoms. The number of nitrogens with zero attached hydrogens (tertiary/aromatic N) is 2. The van der Waals surface area contributed by atoms with Gasteiger partial charge in [-0.2, -0.15) is 5.26 Å². The monoisotopic (exact) mass is 189 g/mol. The fourth-order valence-corrected chi connectivity index (χ4v) is 1.13. The molecule has 1 N–H and O–H groups in total. The number of hydrogen-bond donors (Lipinski definition) is 1. The van der Waals surface area contributed by atoms with Crippen LogP contribution in [0, 0.1) is 11.3 Å². The minimum Gasteiger partial charge on any atom is -0.295 e. The van der Waals surface area contributed by atoms with Crippen LogP contribution in [-0.2, 0) is 7.05 Å². The van der Waals surface area contributed by atoms with Gasteiger partial charge in [0.2, 0.25) is 0 Å². The molecule has 0 amide bonds. The van der Waals surface area contributed by atoms with Crippen molar-refractivity contribution in [3.63, 3.8) is 0 Å². The summed E-state index contributed by atoms with van der Waals surface area (Å²) in [5.41, 5.74) is 1.10. The van der Waals surface area contributed by atoms with Gasteiger partial charge in [0.1, 0.15) is 0 Å². The molecule has 0 saturated carbocycles. The lowest BCUT2D eigenvalue weighted by molar-refractivity contribution is 0.737. The lowest BCUT2D eigenvalue weighted by Gasteiger charge is -1.86. The maximum Gasteiger partial charge on any atom is 0.274 e. The van der Waals surface area contributed by atoms with Crippen LogP contribution < -0.4 is 5.56 Å². The van der Waals surface area contributed by atoms with Crippen molar-refractivity contribution in [2.45, 2.75) is 6.42 Å². The zero-order valence-electron chi connectivity index (χ0n) is 7.95. The van der Waals surface area contributed by atoms with E-state index in [9.17, 15) is 4.79 Å². The fraction of sp³-hybridized carbons (Fsp3) is 0.200. The van der Waals surface area contributed by atoms with Crippen LogP contribution in [0.1, 0.15) is 17.7 Å². The zero-order valence-corrected chi connectivity index (χ0v) is 7.95. The molecule has 0 atom stereocenters. The second-order valence-corrected chi connectivity index (χ2v) is 2.77. The third-order valence-corrected chi connectivity index (χ3v) is 1.81. The summed E-state index contributed by atoms with van der Waals surface area (Å²) < 4.78 is 1.38. The largest absolute Gasteiger partial charge is 0.295 e. The maximum atomic E-state index is 11.5. The van der Waals surface area contributed by atoms with Gasteiger partial charge in [0.25, 0.3) is 5.56 Å². The van der Waals surface area contributed by atoms with E-state index in [-0.39, 0.29) is 5.56 Å². The highest BCUT2D eigenvalue weighted by Crippen LogP contribution is 2.04. The van der Waals surface area contributed by atoms with Gasteiger partial charge in [-0.3, -0.25) is 14.6 Å². The summed E-state index contributed by atoms with van der Waals surface area (Å²) in [5, 5.41) is 11.2. The number of allylic oxidation sites excluding steroid dienone is 1. The second kappa shape index (κ2) is 4.28. The molecular weight excluding hydrogens is 178 g/mol. The summed E-state index contributed by atoms with van der Waals surface area (Å²) in [6, 6.07) is 1.97. The zero-order chi connectivity index (χ0) is 10.6. The van der Waals surface area contributed by atoms with Crippen LogP contribution in [0.15, 0.2) is 17.4 Å². The fourth-order valence-electron chi connectivity index (χ4n) is 1.13. The molecule has 4 nitrogen and oxygen atoms in total. The lowest BCUT2D eigenvalue weighted by Crippen LogP contribution is -2.13. The van der Waals surface area contributed by atoms with Crippen LogP contribution in [0.4, 0.5) is 0 Å². The summed E-state index contributed by atoms with van der Waals surface area (Å²) in [7, 11) is 1.64. The molecule has 1 rings (SSSR count). The number of aromatic nitrogens is 2. The second-order valence-electron chi connectivity index (χ2n) is 2.77. The summed E-state index contributed by atoms with van der Waals surface area (Å²) >= 11 is 0. The first kappa shape index (κ1) is 10.1. The molecule has 0 aromatic carbocycles. The third-order valence-electron chi connectivity index (χ3n) is 1.81. The summed E-state index contributed by atoms with van der Waals surface area (Å²) in [6.07, 6.45) is 5.16. The van der Waals surface area contributed by atoms with Crippen molar-refractivity contribution in [1.82, 2.24) is 9.78 Å². The molecule has 0 aliphatic rings. The van der Waals surface area contributed by atoms with E-state index in [1.165, 1.54) is 4.68 Å². The summed E-state index contributed by atoms with van der Waals surface area (Å²) in [5.74, 6) is 0. The van der Waals surface area contributed by atoms with Crippen molar-refractivity contribution in [2.75, 3.05) is 0 Å². The summed E-state index contributed by atoms with van der Waals surface area (Å²) in [6.45, 7) is 3.59. The van der Waals surface area contributed by atoms with Crippen molar-refractivity contribution in [1.29, 1.82) is 5.26 Å². The number of nitrogens with one attached hydrogen (secondary N) is 1. The van der Waals surface area contributed by atoms with Gasteiger partial charge in [0, 0.05) is 7.05 Å². The lowest BCUT2D eigenvalue weighted by atomic mass is 10.2. The molecule has 72 valence electrons. The van der Waals surface area contributed by atoms with E-state index in [0.29, 0.717) is 17.7 Å². The van der Waals surface area contributed by atoms with E-state index >= 15 is 0 Å². The Bertz CT molecular complexity index is 457. The van der Waals surface area contributed by atoms with Gasteiger partial charge in [0.05, 0.1) is 23.7 Å². The topological polar surface area (TPSA) is 61.6 Å². The maximum absolute atomic E-state index is 11.5. The van der Waals surface area contributed by atoms with Crippen LogP contribution >= 0.6 is 0 Å². The predicted molar refractivity (Wildman–Crippen MR) is 55.4 cm³/mol. The van der Waals surface area contributed by atoms with Crippen LogP contribution in [-0.4, -0.2) is 9.78 Å². The van der Waals surface area contributed by atoms with Gasteiger partial charge in [-0.1, -0.05) is 18.7 Å². The normalized spacial score (nSPS) is 10.3. The van der Waals surface area contributed by atoms with Crippen LogP contribution in [0.3, 0.4) is 0 Å². The van der Waals surface area contributed by atoms with Crippen LogP contribution in [0.2, 0.25) is 0 Å². The Morgan fingerprint density at radius 2 is 2.43 bits per heavy atom. The number of aromatic amines is 1. The molecule has 1 aromatic rings. The van der Waals surface area contributed by atoms with Crippen molar-refractivity contribution >= 4 is 12.2 Å². The number of aryl methyl sites for hydroxylation is 1. The van der Waals surface area contributed by atoms with Crippen LogP contribution in [0.5, 0.6) is 0 Å². The van der Waals surface area contributed by atoms with E-state index in [4.69, 9.17) is 5.26 Å². The molecule has 1 aromatic heterocycles. The standard InChI is InChI=1S/C10H11N3O/c1-3-9-8(6-4-5-7-11)10(14)13(2)12-9/h3-4,6,12H,1,5H2,2H3/b6-4-. The smallest absolute Gasteiger partial charge is 0.274 e. The molecule has 0 fully saturated rings. The first-order valence-electron chi connectivity index (χ1n) is 4.15. The highest BCUT2D eigenvalue weighted by Gasteiger charge is 2.05. The molecule has 0 spiro atoms. The van der Waals surface area contributed by atoms with Gasteiger partial charge < -0.3 is 0 Å². The Labute approximate surface area is 81.8 Å². The average molecular weight is 189 g/mol. The van der Waals surface area contributed by atoms with Crippen molar-refractivity contribution in [3.8, 4) is 6.07 Å². The minimum absolute atomic E-state index is 0.117.